The number of hydrogen-bond acceptors (Lipinski definition) is 3. The van der Waals surface area contributed by atoms with Crippen LogP contribution in [-0.4, -0.2) is 19.7 Å². The molecule has 4 nitrogen and oxygen atoms in total. The second-order valence-electron chi connectivity index (χ2n) is 3.84. The summed E-state index contributed by atoms with van der Waals surface area (Å²) in [5.74, 6) is 0. The summed E-state index contributed by atoms with van der Waals surface area (Å²) in [6, 6.07) is 2.46. The van der Waals surface area contributed by atoms with Crippen LogP contribution in [0.15, 0.2) is 18.3 Å². The van der Waals surface area contributed by atoms with E-state index in [1.165, 1.54) is 6.20 Å². The average Bonchev–Trinajstić information content (AvgIpc) is 2.76. The first-order valence-corrected chi connectivity index (χ1v) is 5.93. The molecule has 0 bridgehead atoms. The van der Waals surface area contributed by atoms with Gasteiger partial charge in [-0.2, -0.15) is 18.3 Å². The van der Waals surface area contributed by atoms with Gasteiger partial charge in [0.2, 0.25) is 5.28 Å². The SMILES string of the molecule is CCCn1nccc1-c1cc(C(F)(F)F)nc(Cl)n1. The lowest BCUT2D eigenvalue weighted by molar-refractivity contribution is -0.141. The summed E-state index contributed by atoms with van der Waals surface area (Å²) >= 11 is 5.55. The van der Waals surface area contributed by atoms with Gasteiger partial charge < -0.3 is 0 Å². The Kier molecular flexibility index (Phi) is 3.75. The Bertz CT molecular complexity index is 580. The number of hydrogen-bond donors (Lipinski definition) is 0. The van der Waals surface area contributed by atoms with Crippen molar-refractivity contribution in [2.45, 2.75) is 26.1 Å². The first kappa shape index (κ1) is 13.8. The highest BCUT2D eigenvalue weighted by molar-refractivity contribution is 6.28. The third-order valence-corrected chi connectivity index (χ3v) is 2.57. The summed E-state index contributed by atoms with van der Waals surface area (Å²) in [7, 11) is 0. The summed E-state index contributed by atoms with van der Waals surface area (Å²) < 4.78 is 39.6. The second-order valence-corrected chi connectivity index (χ2v) is 4.18. The Labute approximate surface area is 112 Å². The monoisotopic (exact) mass is 290 g/mol. The minimum atomic E-state index is -4.56. The van der Waals surface area contributed by atoms with Gasteiger partial charge in [-0.05, 0) is 30.2 Å². The number of aromatic nitrogens is 4. The molecular weight excluding hydrogens is 281 g/mol. The lowest BCUT2D eigenvalue weighted by atomic mass is 10.2. The second kappa shape index (κ2) is 5.16. The fraction of sp³-hybridized carbons (Fsp3) is 0.364. The quantitative estimate of drug-likeness (QED) is 0.814. The molecule has 2 aromatic heterocycles. The Morgan fingerprint density at radius 2 is 2.05 bits per heavy atom. The van der Waals surface area contributed by atoms with Crippen LogP contribution in [0, 0.1) is 0 Å². The van der Waals surface area contributed by atoms with Crippen molar-refractivity contribution in [3.8, 4) is 11.4 Å². The molecule has 102 valence electrons. The number of aryl methyl sites for hydroxylation is 1. The largest absolute Gasteiger partial charge is 0.433 e. The molecule has 0 saturated heterocycles. The van der Waals surface area contributed by atoms with Crippen LogP contribution in [0.5, 0.6) is 0 Å². The van der Waals surface area contributed by atoms with Crippen molar-refractivity contribution in [3.63, 3.8) is 0 Å². The molecule has 0 unspecified atom stereocenters. The standard InChI is InChI=1S/C11H10ClF3N4/c1-2-5-19-8(3-4-16-19)7-6-9(11(13,14)15)18-10(12)17-7/h3-4,6H,2,5H2,1H3. The van der Waals surface area contributed by atoms with Crippen LogP contribution in [0.2, 0.25) is 5.28 Å². The molecular formula is C11H10ClF3N4. The van der Waals surface area contributed by atoms with Gasteiger partial charge in [-0.25, -0.2) is 9.97 Å². The summed E-state index contributed by atoms with van der Waals surface area (Å²) in [4.78, 5) is 7.02. The molecule has 0 aliphatic heterocycles. The molecule has 0 radical (unpaired) electrons. The molecule has 0 aliphatic rings. The van der Waals surface area contributed by atoms with Crippen molar-refractivity contribution >= 4 is 11.6 Å². The van der Waals surface area contributed by atoms with Crippen LogP contribution in [0.25, 0.3) is 11.4 Å². The number of halogens is 4. The third kappa shape index (κ3) is 3.04. The molecule has 0 amide bonds. The Hall–Kier alpha value is -1.63. The van der Waals surface area contributed by atoms with Crippen molar-refractivity contribution in [1.82, 2.24) is 19.7 Å². The zero-order chi connectivity index (χ0) is 14.0. The van der Waals surface area contributed by atoms with Crippen molar-refractivity contribution in [2.24, 2.45) is 0 Å². The number of nitrogens with zero attached hydrogens (tertiary/aromatic N) is 4. The summed E-state index contributed by atoms with van der Waals surface area (Å²) in [6.45, 7) is 2.53. The molecule has 0 aromatic carbocycles. The van der Waals surface area contributed by atoms with Gasteiger partial charge in [0.05, 0.1) is 11.4 Å². The predicted molar refractivity (Wildman–Crippen MR) is 63.6 cm³/mol. The third-order valence-electron chi connectivity index (χ3n) is 2.40. The minimum absolute atomic E-state index is 0.110. The molecule has 0 atom stereocenters. The van der Waals surface area contributed by atoms with Gasteiger partial charge in [0, 0.05) is 12.7 Å². The van der Waals surface area contributed by atoms with Gasteiger partial charge >= 0.3 is 6.18 Å². The topological polar surface area (TPSA) is 43.6 Å². The van der Waals surface area contributed by atoms with Crippen LogP contribution >= 0.6 is 11.6 Å². The summed E-state index contributed by atoms with van der Waals surface area (Å²) in [5.41, 5.74) is -0.471. The van der Waals surface area contributed by atoms with Gasteiger partial charge in [-0.1, -0.05) is 6.92 Å². The highest BCUT2D eigenvalue weighted by Gasteiger charge is 2.33. The molecule has 2 heterocycles. The van der Waals surface area contributed by atoms with Crippen LogP contribution in [-0.2, 0) is 12.7 Å². The predicted octanol–water partition coefficient (Wildman–Crippen LogP) is 3.42. The lowest BCUT2D eigenvalue weighted by Gasteiger charge is -2.09. The maximum absolute atomic E-state index is 12.7. The van der Waals surface area contributed by atoms with E-state index < -0.39 is 17.2 Å². The number of alkyl halides is 3. The van der Waals surface area contributed by atoms with Gasteiger partial charge in [0.25, 0.3) is 0 Å². The highest BCUT2D eigenvalue weighted by atomic mass is 35.5. The molecule has 0 aliphatic carbocycles. The van der Waals surface area contributed by atoms with Gasteiger partial charge in [0.15, 0.2) is 0 Å². The molecule has 0 saturated carbocycles. The first-order chi connectivity index (χ1) is 8.91. The van der Waals surface area contributed by atoms with Gasteiger partial charge in [0.1, 0.15) is 5.69 Å². The zero-order valence-electron chi connectivity index (χ0n) is 9.95. The van der Waals surface area contributed by atoms with E-state index in [2.05, 4.69) is 15.1 Å². The molecule has 19 heavy (non-hydrogen) atoms. The Morgan fingerprint density at radius 1 is 1.32 bits per heavy atom. The maximum Gasteiger partial charge on any atom is 0.433 e. The molecule has 2 aromatic rings. The molecule has 0 fully saturated rings. The minimum Gasteiger partial charge on any atom is -0.263 e. The van der Waals surface area contributed by atoms with Crippen LogP contribution < -0.4 is 0 Å². The maximum atomic E-state index is 12.7. The number of rotatable bonds is 3. The summed E-state index contributed by atoms with van der Waals surface area (Å²) in [5, 5.41) is 3.60. The Morgan fingerprint density at radius 3 is 2.68 bits per heavy atom. The zero-order valence-corrected chi connectivity index (χ0v) is 10.7. The van der Waals surface area contributed by atoms with E-state index in [0.717, 1.165) is 12.5 Å². The van der Waals surface area contributed by atoms with Crippen molar-refractivity contribution < 1.29 is 13.2 Å². The summed E-state index contributed by atoms with van der Waals surface area (Å²) in [6.07, 6.45) is -2.25. The van der Waals surface area contributed by atoms with Crippen molar-refractivity contribution in [2.75, 3.05) is 0 Å². The van der Waals surface area contributed by atoms with E-state index in [9.17, 15) is 13.2 Å². The van der Waals surface area contributed by atoms with Crippen molar-refractivity contribution in [1.29, 1.82) is 0 Å². The van der Waals surface area contributed by atoms with E-state index in [1.54, 1.807) is 10.7 Å². The molecule has 0 N–H and O–H groups in total. The average molecular weight is 291 g/mol. The van der Waals surface area contributed by atoms with E-state index in [-0.39, 0.29) is 5.69 Å². The Balaban J connectivity index is 2.50. The van der Waals surface area contributed by atoms with Crippen LogP contribution in [0.3, 0.4) is 0 Å². The van der Waals surface area contributed by atoms with Crippen LogP contribution in [0.4, 0.5) is 13.2 Å². The first-order valence-electron chi connectivity index (χ1n) is 5.55. The van der Waals surface area contributed by atoms with Gasteiger partial charge in [-0.3, -0.25) is 4.68 Å². The van der Waals surface area contributed by atoms with E-state index >= 15 is 0 Å². The van der Waals surface area contributed by atoms with Crippen molar-refractivity contribution in [3.05, 3.63) is 29.3 Å². The van der Waals surface area contributed by atoms with E-state index in [4.69, 9.17) is 11.6 Å². The molecule has 8 heteroatoms. The van der Waals surface area contributed by atoms with E-state index in [1.807, 2.05) is 6.92 Å². The molecule has 2 rings (SSSR count). The smallest absolute Gasteiger partial charge is 0.263 e. The van der Waals surface area contributed by atoms with E-state index in [0.29, 0.717) is 12.2 Å². The van der Waals surface area contributed by atoms with Crippen LogP contribution in [0.1, 0.15) is 19.0 Å². The fourth-order valence-corrected chi connectivity index (χ4v) is 1.82. The fourth-order valence-electron chi connectivity index (χ4n) is 1.63. The molecule has 0 spiro atoms. The normalized spacial score (nSPS) is 11.8. The van der Waals surface area contributed by atoms with Gasteiger partial charge in [-0.15, -0.1) is 0 Å². The lowest BCUT2D eigenvalue weighted by Crippen LogP contribution is -2.10. The highest BCUT2D eigenvalue weighted by Crippen LogP contribution is 2.30.